The molecule has 0 spiro atoms. The summed E-state index contributed by atoms with van der Waals surface area (Å²) in [5, 5.41) is 0.0560. The van der Waals surface area contributed by atoms with Crippen molar-refractivity contribution in [3.05, 3.63) is 89.0 Å². The van der Waals surface area contributed by atoms with Crippen molar-refractivity contribution in [3.63, 3.8) is 0 Å². The minimum atomic E-state index is -4.58. The molecule has 0 heterocycles. The summed E-state index contributed by atoms with van der Waals surface area (Å²) in [6, 6.07) is 12.8. The van der Waals surface area contributed by atoms with Crippen LogP contribution in [-0.4, -0.2) is 5.96 Å². The van der Waals surface area contributed by atoms with E-state index in [1.54, 1.807) is 26.0 Å². The van der Waals surface area contributed by atoms with Gasteiger partial charge in [0.05, 0.1) is 22.8 Å². The highest BCUT2D eigenvalue weighted by Gasteiger charge is 2.34. The maximum absolute atomic E-state index is 14.0. The van der Waals surface area contributed by atoms with Crippen LogP contribution in [-0.2, 0) is 16.9 Å². The van der Waals surface area contributed by atoms with Crippen LogP contribution in [0, 0.1) is 13.8 Å². The highest BCUT2D eigenvalue weighted by atomic mass is 31.2. The Hall–Kier alpha value is -2.86. The van der Waals surface area contributed by atoms with E-state index in [-0.39, 0.29) is 10.6 Å². The van der Waals surface area contributed by atoms with Crippen molar-refractivity contribution >= 4 is 29.4 Å². The van der Waals surface area contributed by atoms with E-state index in [1.807, 2.05) is 6.07 Å². The van der Waals surface area contributed by atoms with Crippen LogP contribution in [0.4, 0.5) is 32.0 Å². The Morgan fingerprint density at radius 2 is 1.06 bits per heavy atom. The number of para-hydroxylation sites is 1. The van der Waals surface area contributed by atoms with Gasteiger partial charge in [-0.3, -0.25) is 4.99 Å². The van der Waals surface area contributed by atoms with Crippen LogP contribution in [0.3, 0.4) is 0 Å². The Kier molecular flexibility index (Phi) is 6.38. The van der Waals surface area contributed by atoms with Crippen molar-refractivity contribution in [3.8, 4) is 0 Å². The maximum atomic E-state index is 14.0. The molecule has 0 amide bonds. The molecule has 0 bridgehead atoms. The fourth-order valence-corrected chi connectivity index (χ4v) is 5.20. The van der Waals surface area contributed by atoms with E-state index in [4.69, 9.17) is 0 Å². The van der Waals surface area contributed by atoms with Gasteiger partial charge in [-0.1, -0.05) is 42.5 Å². The third kappa shape index (κ3) is 4.96. The summed E-state index contributed by atoms with van der Waals surface area (Å²) < 4.78 is 91.7. The second kappa shape index (κ2) is 8.58. The molecule has 0 N–H and O–H groups in total. The van der Waals surface area contributed by atoms with Crippen LogP contribution in [0.1, 0.15) is 22.3 Å². The molecule has 0 saturated carbocycles. The smallest absolute Gasteiger partial charge is 0.308 e. The number of halogens is 6. The Labute approximate surface area is 181 Å². The quantitative estimate of drug-likeness (QED) is 0.230. The predicted molar refractivity (Wildman–Crippen MR) is 114 cm³/mol. The third-order valence-corrected chi connectivity index (χ3v) is 7.52. The lowest BCUT2D eigenvalue weighted by Gasteiger charge is -2.17. The highest BCUT2D eigenvalue weighted by molar-refractivity contribution is 7.91. The number of hydrogen-bond acceptors (Lipinski definition) is 2. The van der Waals surface area contributed by atoms with E-state index in [2.05, 4.69) is 4.99 Å². The topological polar surface area (TPSA) is 29.4 Å². The first-order valence-electron chi connectivity index (χ1n) is 9.39. The molecule has 32 heavy (non-hydrogen) atoms. The van der Waals surface area contributed by atoms with Gasteiger partial charge >= 0.3 is 12.4 Å². The molecule has 2 nitrogen and oxygen atoms in total. The zero-order chi connectivity index (χ0) is 23.7. The molecular weight excluding hydrogens is 451 g/mol. The van der Waals surface area contributed by atoms with Crippen LogP contribution in [0.25, 0.3) is 0 Å². The fraction of sp³-hybridized carbons (Fsp3) is 0.174. The number of hydrogen-bond donors (Lipinski definition) is 0. The van der Waals surface area contributed by atoms with Crippen LogP contribution in [0.5, 0.6) is 0 Å². The zero-order valence-electron chi connectivity index (χ0n) is 17.0. The van der Waals surface area contributed by atoms with E-state index >= 15 is 0 Å². The molecule has 3 rings (SSSR count). The number of aryl methyl sites for hydroxylation is 2. The summed E-state index contributed by atoms with van der Waals surface area (Å²) >= 11 is 0. The van der Waals surface area contributed by atoms with Gasteiger partial charge in [0.2, 0.25) is 0 Å². The van der Waals surface area contributed by atoms with E-state index in [0.717, 1.165) is 65.6 Å². The maximum Gasteiger partial charge on any atom is 0.416 e. The van der Waals surface area contributed by atoms with Crippen molar-refractivity contribution in [2.75, 3.05) is 0 Å². The molecule has 0 atom stereocenters. The van der Waals surface area contributed by atoms with Gasteiger partial charge in [-0.2, -0.15) is 26.3 Å². The molecule has 3 aromatic carbocycles. The normalized spacial score (nSPS) is 13.0. The summed E-state index contributed by atoms with van der Waals surface area (Å²) in [6.07, 6.45) is -9.16. The van der Waals surface area contributed by atoms with Gasteiger partial charge < -0.3 is 4.57 Å². The van der Waals surface area contributed by atoms with Crippen LogP contribution in [0.15, 0.2) is 71.7 Å². The minimum absolute atomic E-state index is 0.0280. The van der Waals surface area contributed by atoms with Crippen molar-refractivity contribution < 1.29 is 30.9 Å². The largest absolute Gasteiger partial charge is 0.416 e. The Balaban J connectivity index is 2.15. The Morgan fingerprint density at radius 1 is 0.688 bits per heavy atom. The second-order valence-electron chi connectivity index (χ2n) is 7.23. The monoisotopic (exact) mass is 469 g/mol. The average Bonchev–Trinajstić information content (AvgIpc) is 2.72. The number of aliphatic imine (C=N–C) groups is 1. The molecule has 0 aliphatic heterocycles. The van der Waals surface area contributed by atoms with Gasteiger partial charge in [0.1, 0.15) is 0 Å². The lowest BCUT2D eigenvalue weighted by atomic mass is 10.1. The summed E-state index contributed by atoms with van der Waals surface area (Å²) in [7, 11) is -3.80. The van der Waals surface area contributed by atoms with Gasteiger partial charge in [-0.15, -0.1) is 0 Å². The molecule has 0 aliphatic rings. The standard InChI is InChI=1S/C23H18F6NOP/c1-15-4-3-5-16(2)21(15)30-14-32(31,19-10-6-17(7-11-19)22(24,25)26)20-12-8-18(9-13-20)23(27,28)29/h3-14H,1-2H3. The minimum Gasteiger partial charge on any atom is -0.308 e. The van der Waals surface area contributed by atoms with Gasteiger partial charge in [0, 0.05) is 10.6 Å². The van der Waals surface area contributed by atoms with Crippen LogP contribution >= 0.6 is 7.14 Å². The van der Waals surface area contributed by atoms with Crippen molar-refractivity contribution in [1.29, 1.82) is 0 Å². The molecule has 0 radical (unpaired) electrons. The van der Waals surface area contributed by atoms with E-state index in [0.29, 0.717) is 5.69 Å². The molecule has 0 aromatic heterocycles. The first-order valence-corrected chi connectivity index (χ1v) is 11.2. The van der Waals surface area contributed by atoms with Gasteiger partial charge in [-0.25, -0.2) is 0 Å². The van der Waals surface area contributed by atoms with Crippen molar-refractivity contribution in [1.82, 2.24) is 0 Å². The van der Waals surface area contributed by atoms with E-state index in [1.165, 1.54) is 0 Å². The first kappa shape index (κ1) is 23.8. The summed E-state index contributed by atoms with van der Waals surface area (Å²) in [5.41, 5.74) is 0.255. The lowest BCUT2D eigenvalue weighted by Crippen LogP contribution is -2.19. The Bertz CT molecular complexity index is 1100. The predicted octanol–water partition coefficient (Wildman–Crippen LogP) is 7.01. The Morgan fingerprint density at radius 3 is 1.41 bits per heavy atom. The SMILES string of the molecule is Cc1cccc(C)c1N=CP(=O)(c1ccc(C(F)(F)F)cc1)c1ccc(C(F)(F)F)cc1. The molecule has 0 saturated heterocycles. The van der Waals surface area contributed by atoms with E-state index in [9.17, 15) is 30.9 Å². The number of benzene rings is 3. The molecule has 0 aliphatic carbocycles. The molecular formula is C23H18F6NOP. The van der Waals surface area contributed by atoms with Crippen molar-refractivity contribution in [2.24, 2.45) is 4.99 Å². The zero-order valence-corrected chi connectivity index (χ0v) is 17.9. The molecule has 168 valence electrons. The number of nitrogens with zero attached hydrogens (tertiary/aromatic N) is 1. The molecule has 0 fully saturated rings. The average molecular weight is 469 g/mol. The summed E-state index contributed by atoms with van der Waals surface area (Å²) in [6.45, 7) is 3.59. The van der Waals surface area contributed by atoms with Gasteiger partial charge in [0.15, 0.2) is 7.14 Å². The molecule has 0 unspecified atom stereocenters. The number of rotatable bonds is 4. The first-order chi connectivity index (χ1) is 14.8. The van der Waals surface area contributed by atoms with Gasteiger partial charge in [0.25, 0.3) is 0 Å². The van der Waals surface area contributed by atoms with Crippen LogP contribution in [0.2, 0.25) is 0 Å². The van der Waals surface area contributed by atoms with Gasteiger partial charge in [-0.05, 0) is 49.2 Å². The van der Waals surface area contributed by atoms with Crippen molar-refractivity contribution in [2.45, 2.75) is 26.2 Å². The summed E-state index contributed by atoms with van der Waals surface area (Å²) in [5.74, 6) is 1.13. The third-order valence-electron chi connectivity index (χ3n) is 4.95. The van der Waals surface area contributed by atoms with Crippen LogP contribution < -0.4 is 10.6 Å². The molecule has 3 aromatic rings. The van der Waals surface area contributed by atoms with E-state index < -0.39 is 30.6 Å². The lowest BCUT2D eigenvalue weighted by molar-refractivity contribution is -0.138. The number of alkyl halides is 6. The summed E-state index contributed by atoms with van der Waals surface area (Å²) in [4.78, 5) is 4.34. The molecule has 9 heteroatoms. The highest BCUT2D eigenvalue weighted by Crippen LogP contribution is 2.43. The fourth-order valence-electron chi connectivity index (χ4n) is 3.17. The second-order valence-corrected chi connectivity index (χ2v) is 9.81.